The number of rotatable bonds is 4. The van der Waals surface area contributed by atoms with Gasteiger partial charge in [-0.1, -0.05) is 18.2 Å². The number of pyridine rings is 1. The third kappa shape index (κ3) is 2.69. The number of fused-ring (bicyclic) bond motifs is 1. The van der Waals surface area contributed by atoms with Gasteiger partial charge in [0.2, 0.25) is 0 Å². The highest BCUT2D eigenvalue weighted by atomic mass is 16.5. The Morgan fingerprint density at radius 2 is 2.10 bits per heavy atom. The van der Waals surface area contributed by atoms with Crippen LogP contribution in [0.1, 0.15) is 30.1 Å². The number of hydrogen-bond acceptors (Lipinski definition) is 4. The number of carbonyl (C=O) groups excluding carboxylic acids is 1. The predicted molar refractivity (Wildman–Crippen MR) is 80.5 cm³/mol. The number of nitrogens with zero attached hydrogens (tertiary/aromatic N) is 1. The zero-order valence-corrected chi connectivity index (χ0v) is 12.2. The summed E-state index contributed by atoms with van der Waals surface area (Å²) in [7, 11) is 0. The van der Waals surface area contributed by atoms with Gasteiger partial charge in [0.1, 0.15) is 5.60 Å². The highest BCUT2D eigenvalue weighted by Crippen LogP contribution is 2.30. The molecule has 1 aliphatic rings. The molecule has 0 N–H and O–H groups in total. The van der Waals surface area contributed by atoms with Crippen LogP contribution in [0.15, 0.2) is 36.5 Å². The lowest BCUT2D eigenvalue weighted by Gasteiger charge is -2.35. The van der Waals surface area contributed by atoms with Gasteiger partial charge in [0.15, 0.2) is 5.78 Å². The normalized spacial score (nSPS) is 17.8. The highest BCUT2D eigenvalue weighted by molar-refractivity contribution is 6.04. The molecule has 1 aromatic carbocycles. The predicted octanol–water partition coefficient (Wildman–Crippen LogP) is 3.00. The van der Waals surface area contributed by atoms with Crippen LogP contribution in [0.4, 0.5) is 0 Å². The molecule has 1 saturated heterocycles. The van der Waals surface area contributed by atoms with Gasteiger partial charge >= 0.3 is 0 Å². The Morgan fingerprint density at radius 1 is 1.33 bits per heavy atom. The Bertz CT molecular complexity index is 642. The SMILES string of the molecule is CCOC1(C(=O)c2cnc3ccccc3c2)CCOCC1. The molecule has 0 spiro atoms. The molecule has 2 aromatic rings. The minimum Gasteiger partial charge on any atom is -0.381 e. The minimum absolute atomic E-state index is 0.0194. The summed E-state index contributed by atoms with van der Waals surface area (Å²) in [6.45, 7) is 3.56. The summed E-state index contributed by atoms with van der Waals surface area (Å²) in [6.07, 6.45) is 2.86. The van der Waals surface area contributed by atoms with Gasteiger partial charge in [-0.3, -0.25) is 9.78 Å². The number of Topliss-reactive ketones (excluding diaryl/α,β-unsaturated/α-hetero) is 1. The fourth-order valence-electron chi connectivity index (χ4n) is 2.87. The molecule has 0 saturated carbocycles. The summed E-state index contributed by atoms with van der Waals surface area (Å²) < 4.78 is 11.2. The van der Waals surface area contributed by atoms with E-state index in [4.69, 9.17) is 9.47 Å². The molecule has 1 aromatic heterocycles. The summed E-state index contributed by atoms with van der Waals surface area (Å²) in [6, 6.07) is 9.70. The van der Waals surface area contributed by atoms with Gasteiger partial charge in [-0.15, -0.1) is 0 Å². The first kappa shape index (κ1) is 14.2. The molecule has 3 rings (SSSR count). The molecule has 0 amide bonds. The molecule has 0 radical (unpaired) electrons. The second kappa shape index (κ2) is 5.92. The Morgan fingerprint density at radius 3 is 2.86 bits per heavy atom. The fourth-order valence-corrected chi connectivity index (χ4v) is 2.87. The van der Waals surface area contributed by atoms with E-state index in [1.807, 2.05) is 37.3 Å². The van der Waals surface area contributed by atoms with E-state index in [0.29, 0.717) is 38.2 Å². The van der Waals surface area contributed by atoms with Gasteiger partial charge in [-0.2, -0.15) is 0 Å². The first-order valence-corrected chi connectivity index (χ1v) is 7.36. The first-order chi connectivity index (χ1) is 10.2. The number of carbonyl (C=O) groups is 1. The van der Waals surface area contributed by atoms with Crippen LogP contribution in [0.2, 0.25) is 0 Å². The molecule has 4 heteroatoms. The quantitative estimate of drug-likeness (QED) is 0.810. The van der Waals surface area contributed by atoms with Crippen molar-refractivity contribution in [2.75, 3.05) is 19.8 Å². The summed E-state index contributed by atoms with van der Waals surface area (Å²) in [4.78, 5) is 17.3. The van der Waals surface area contributed by atoms with Gasteiger partial charge in [-0.05, 0) is 19.1 Å². The van der Waals surface area contributed by atoms with Crippen LogP contribution >= 0.6 is 0 Å². The van der Waals surface area contributed by atoms with Gasteiger partial charge in [-0.25, -0.2) is 0 Å². The summed E-state index contributed by atoms with van der Waals surface area (Å²) >= 11 is 0. The van der Waals surface area contributed by atoms with Crippen LogP contribution in [-0.2, 0) is 9.47 Å². The lowest BCUT2D eigenvalue weighted by atomic mass is 9.86. The van der Waals surface area contributed by atoms with Crippen molar-refractivity contribution >= 4 is 16.7 Å². The second-order valence-electron chi connectivity index (χ2n) is 5.29. The molecule has 1 fully saturated rings. The van der Waals surface area contributed by atoms with E-state index in [9.17, 15) is 4.79 Å². The number of para-hydroxylation sites is 1. The van der Waals surface area contributed by atoms with E-state index in [2.05, 4.69) is 4.98 Å². The molecule has 0 aliphatic carbocycles. The standard InChI is InChI=1S/C17H19NO3/c1-2-21-17(7-9-20-10-8-17)16(19)14-11-13-5-3-4-6-15(13)18-12-14/h3-6,11-12H,2,7-10H2,1H3. The van der Waals surface area contributed by atoms with E-state index in [1.54, 1.807) is 6.20 Å². The molecule has 21 heavy (non-hydrogen) atoms. The highest BCUT2D eigenvalue weighted by Gasteiger charge is 2.41. The van der Waals surface area contributed by atoms with Crippen molar-refractivity contribution in [2.45, 2.75) is 25.4 Å². The third-order valence-electron chi connectivity index (χ3n) is 3.99. The number of aromatic nitrogens is 1. The zero-order chi connectivity index (χ0) is 14.7. The molecule has 1 aliphatic heterocycles. The van der Waals surface area contributed by atoms with Gasteiger partial charge in [0.25, 0.3) is 0 Å². The number of hydrogen-bond donors (Lipinski definition) is 0. The zero-order valence-electron chi connectivity index (χ0n) is 12.2. The number of benzene rings is 1. The van der Waals surface area contributed by atoms with Crippen molar-refractivity contribution in [3.8, 4) is 0 Å². The maximum atomic E-state index is 12.9. The van der Waals surface area contributed by atoms with E-state index in [1.165, 1.54) is 0 Å². The summed E-state index contributed by atoms with van der Waals surface area (Å²) in [5.74, 6) is 0.0194. The van der Waals surface area contributed by atoms with Gasteiger partial charge in [0.05, 0.1) is 5.52 Å². The van der Waals surface area contributed by atoms with Crippen LogP contribution in [0.25, 0.3) is 10.9 Å². The lowest BCUT2D eigenvalue weighted by molar-refractivity contribution is -0.0822. The molecule has 110 valence electrons. The third-order valence-corrected chi connectivity index (χ3v) is 3.99. The average Bonchev–Trinajstić information content (AvgIpc) is 2.55. The van der Waals surface area contributed by atoms with E-state index in [0.717, 1.165) is 10.9 Å². The molecule has 4 nitrogen and oxygen atoms in total. The molecule has 0 atom stereocenters. The molecule has 0 bridgehead atoms. The van der Waals surface area contributed by atoms with Crippen LogP contribution in [0.3, 0.4) is 0 Å². The van der Waals surface area contributed by atoms with Crippen molar-refractivity contribution < 1.29 is 14.3 Å². The van der Waals surface area contributed by atoms with Crippen molar-refractivity contribution in [3.63, 3.8) is 0 Å². The van der Waals surface area contributed by atoms with E-state index in [-0.39, 0.29) is 5.78 Å². The van der Waals surface area contributed by atoms with Crippen molar-refractivity contribution in [2.24, 2.45) is 0 Å². The minimum atomic E-state index is -0.753. The topological polar surface area (TPSA) is 48.4 Å². The maximum absolute atomic E-state index is 12.9. The van der Waals surface area contributed by atoms with Crippen molar-refractivity contribution in [1.82, 2.24) is 4.98 Å². The largest absolute Gasteiger partial charge is 0.381 e. The number of ether oxygens (including phenoxy) is 2. The van der Waals surface area contributed by atoms with Crippen LogP contribution in [0, 0.1) is 0 Å². The molecular weight excluding hydrogens is 266 g/mol. The van der Waals surface area contributed by atoms with Crippen molar-refractivity contribution in [1.29, 1.82) is 0 Å². The van der Waals surface area contributed by atoms with Crippen LogP contribution < -0.4 is 0 Å². The fraction of sp³-hybridized carbons (Fsp3) is 0.412. The molecule has 2 heterocycles. The monoisotopic (exact) mass is 285 g/mol. The lowest BCUT2D eigenvalue weighted by Crippen LogP contribution is -2.46. The second-order valence-corrected chi connectivity index (χ2v) is 5.29. The Labute approximate surface area is 124 Å². The molecule has 0 unspecified atom stereocenters. The summed E-state index contributed by atoms with van der Waals surface area (Å²) in [5.41, 5.74) is 0.757. The Balaban J connectivity index is 1.97. The van der Waals surface area contributed by atoms with Crippen molar-refractivity contribution in [3.05, 3.63) is 42.1 Å². The van der Waals surface area contributed by atoms with E-state index >= 15 is 0 Å². The first-order valence-electron chi connectivity index (χ1n) is 7.36. The molecular formula is C17H19NO3. The smallest absolute Gasteiger partial charge is 0.196 e. The Kier molecular flexibility index (Phi) is 3.99. The average molecular weight is 285 g/mol. The number of ketones is 1. The maximum Gasteiger partial charge on any atom is 0.196 e. The van der Waals surface area contributed by atoms with E-state index < -0.39 is 5.60 Å². The van der Waals surface area contributed by atoms with Gasteiger partial charge < -0.3 is 9.47 Å². The van der Waals surface area contributed by atoms with Crippen LogP contribution in [-0.4, -0.2) is 36.2 Å². The summed E-state index contributed by atoms with van der Waals surface area (Å²) in [5, 5.41) is 0.974. The van der Waals surface area contributed by atoms with Crippen LogP contribution in [0.5, 0.6) is 0 Å². The Hall–Kier alpha value is -1.78. The van der Waals surface area contributed by atoms with Gasteiger partial charge in [0, 0.05) is 49.8 Å².